The zero-order valence-corrected chi connectivity index (χ0v) is 9.60. The second-order valence-electron chi connectivity index (χ2n) is 3.73. The fraction of sp³-hybridized carbons (Fsp3) is 0.385. The van der Waals surface area contributed by atoms with E-state index in [4.69, 9.17) is 5.26 Å². The Bertz CT molecular complexity index is 381. The Hall–Kier alpha value is -1.82. The van der Waals surface area contributed by atoms with E-state index in [1.165, 1.54) is 0 Å². The van der Waals surface area contributed by atoms with E-state index in [0.717, 1.165) is 12.0 Å². The highest BCUT2D eigenvalue weighted by molar-refractivity contribution is 5.81. The average Bonchev–Trinajstić information content (AvgIpc) is 2.35. The normalized spacial score (nSPS) is 13.6. The van der Waals surface area contributed by atoms with Crippen LogP contribution in [0.5, 0.6) is 0 Å². The third-order valence-corrected chi connectivity index (χ3v) is 2.51. The van der Waals surface area contributed by atoms with Crippen LogP contribution >= 0.6 is 0 Å². The second kappa shape index (κ2) is 5.92. The molecule has 3 heteroatoms. The van der Waals surface area contributed by atoms with Crippen LogP contribution in [0.25, 0.3) is 0 Å². The molecule has 0 radical (unpaired) electrons. The Labute approximate surface area is 96.1 Å². The molecule has 0 spiro atoms. The summed E-state index contributed by atoms with van der Waals surface area (Å²) in [6.45, 7) is 3.61. The van der Waals surface area contributed by atoms with Crippen LogP contribution in [0.15, 0.2) is 30.3 Å². The van der Waals surface area contributed by atoms with Gasteiger partial charge in [0.1, 0.15) is 5.92 Å². The highest BCUT2D eigenvalue weighted by Crippen LogP contribution is 2.16. The lowest BCUT2D eigenvalue weighted by Crippen LogP contribution is -2.32. The average molecular weight is 216 g/mol. The van der Waals surface area contributed by atoms with Crippen LogP contribution in [-0.4, -0.2) is 5.91 Å². The van der Waals surface area contributed by atoms with E-state index in [-0.39, 0.29) is 11.9 Å². The molecule has 1 amide bonds. The van der Waals surface area contributed by atoms with E-state index in [1.807, 2.05) is 43.3 Å². The summed E-state index contributed by atoms with van der Waals surface area (Å²) in [4.78, 5) is 11.6. The molecule has 0 saturated carbocycles. The first-order valence-corrected chi connectivity index (χ1v) is 5.44. The molecule has 84 valence electrons. The van der Waals surface area contributed by atoms with Crippen molar-refractivity contribution in [3.05, 3.63) is 35.9 Å². The maximum Gasteiger partial charge on any atom is 0.237 e. The number of carbonyl (C=O) groups excluding carboxylic acids is 1. The fourth-order valence-corrected chi connectivity index (χ4v) is 1.46. The Balaban J connectivity index is 2.71. The number of hydrogen-bond acceptors (Lipinski definition) is 2. The molecule has 0 aliphatic heterocycles. The van der Waals surface area contributed by atoms with Crippen molar-refractivity contribution >= 4 is 5.91 Å². The van der Waals surface area contributed by atoms with Crippen LogP contribution in [0.2, 0.25) is 0 Å². The first-order chi connectivity index (χ1) is 7.69. The van der Waals surface area contributed by atoms with Crippen molar-refractivity contribution in [1.29, 1.82) is 5.26 Å². The summed E-state index contributed by atoms with van der Waals surface area (Å²) in [5, 5.41) is 11.5. The van der Waals surface area contributed by atoms with Crippen molar-refractivity contribution in [3.63, 3.8) is 0 Å². The molecule has 0 saturated heterocycles. The van der Waals surface area contributed by atoms with Gasteiger partial charge in [-0.05, 0) is 18.9 Å². The first-order valence-electron chi connectivity index (χ1n) is 5.44. The highest BCUT2D eigenvalue weighted by atomic mass is 16.1. The van der Waals surface area contributed by atoms with Gasteiger partial charge in [0, 0.05) is 0 Å². The molecule has 1 N–H and O–H groups in total. The SMILES string of the molecule is CCC(NC(=O)C(C)C#N)c1ccccc1. The van der Waals surface area contributed by atoms with Crippen molar-refractivity contribution in [1.82, 2.24) is 5.32 Å². The largest absolute Gasteiger partial charge is 0.348 e. The highest BCUT2D eigenvalue weighted by Gasteiger charge is 2.16. The van der Waals surface area contributed by atoms with Gasteiger partial charge in [-0.3, -0.25) is 4.79 Å². The number of nitrogens with zero attached hydrogens (tertiary/aromatic N) is 1. The summed E-state index contributed by atoms with van der Waals surface area (Å²) in [6.07, 6.45) is 0.813. The maximum absolute atomic E-state index is 11.6. The van der Waals surface area contributed by atoms with Gasteiger partial charge in [-0.1, -0.05) is 37.3 Å². The number of amides is 1. The first kappa shape index (κ1) is 12.3. The molecule has 0 heterocycles. The number of hydrogen-bond donors (Lipinski definition) is 1. The van der Waals surface area contributed by atoms with E-state index in [1.54, 1.807) is 6.92 Å². The minimum atomic E-state index is -0.599. The molecule has 0 bridgehead atoms. The van der Waals surface area contributed by atoms with Crippen molar-refractivity contribution in [2.75, 3.05) is 0 Å². The minimum Gasteiger partial charge on any atom is -0.348 e. The van der Waals surface area contributed by atoms with Crippen LogP contribution in [-0.2, 0) is 4.79 Å². The summed E-state index contributed by atoms with van der Waals surface area (Å²) in [5.41, 5.74) is 1.07. The lowest BCUT2D eigenvalue weighted by Gasteiger charge is -2.18. The van der Waals surface area contributed by atoms with Crippen LogP contribution in [0, 0.1) is 17.2 Å². The topological polar surface area (TPSA) is 52.9 Å². The van der Waals surface area contributed by atoms with Gasteiger partial charge in [0.15, 0.2) is 0 Å². The van der Waals surface area contributed by atoms with Gasteiger partial charge in [-0.2, -0.15) is 5.26 Å². The van der Waals surface area contributed by atoms with Crippen LogP contribution in [0.4, 0.5) is 0 Å². The maximum atomic E-state index is 11.6. The van der Waals surface area contributed by atoms with E-state index < -0.39 is 5.92 Å². The quantitative estimate of drug-likeness (QED) is 0.840. The van der Waals surface area contributed by atoms with Crippen LogP contribution < -0.4 is 5.32 Å². The van der Waals surface area contributed by atoms with Gasteiger partial charge in [0.05, 0.1) is 12.1 Å². The summed E-state index contributed by atoms with van der Waals surface area (Å²) >= 11 is 0. The van der Waals surface area contributed by atoms with Crippen LogP contribution in [0.3, 0.4) is 0 Å². The molecular formula is C13H16N2O. The molecule has 0 aliphatic carbocycles. The summed E-state index contributed by atoms with van der Waals surface area (Å²) in [6, 6.07) is 11.7. The molecule has 1 rings (SSSR count). The zero-order valence-electron chi connectivity index (χ0n) is 9.60. The van der Waals surface area contributed by atoms with Gasteiger partial charge in [-0.15, -0.1) is 0 Å². The molecule has 0 aromatic heterocycles. The molecule has 0 aliphatic rings. The van der Waals surface area contributed by atoms with E-state index in [2.05, 4.69) is 5.32 Å². The summed E-state index contributed by atoms with van der Waals surface area (Å²) in [7, 11) is 0. The van der Waals surface area contributed by atoms with Gasteiger partial charge in [0.2, 0.25) is 5.91 Å². The zero-order chi connectivity index (χ0) is 12.0. The lowest BCUT2D eigenvalue weighted by atomic mass is 10.0. The van der Waals surface area contributed by atoms with Crippen molar-refractivity contribution in [3.8, 4) is 6.07 Å². The Morgan fingerprint density at radius 3 is 2.56 bits per heavy atom. The van der Waals surface area contributed by atoms with Crippen molar-refractivity contribution in [2.45, 2.75) is 26.3 Å². The summed E-state index contributed by atoms with van der Waals surface area (Å²) < 4.78 is 0. The van der Waals surface area contributed by atoms with Gasteiger partial charge >= 0.3 is 0 Å². The van der Waals surface area contributed by atoms with Gasteiger partial charge < -0.3 is 5.32 Å². The van der Waals surface area contributed by atoms with Crippen molar-refractivity contribution < 1.29 is 4.79 Å². The molecule has 2 unspecified atom stereocenters. The molecule has 0 fully saturated rings. The van der Waals surface area contributed by atoms with E-state index in [9.17, 15) is 4.79 Å². The molecule has 2 atom stereocenters. The monoisotopic (exact) mass is 216 g/mol. The standard InChI is InChI=1S/C13H16N2O/c1-3-12(11-7-5-4-6-8-11)15-13(16)10(2)9-14/h4-8,10,12H,3H2,1-2H3,(H,15,16). The Morgan fingerprint density at radius 1 is 1.44 bits per heavy atom. The second-order valence-corrected chi connectivity index (χ2v) is 3.73. The lowest BCUT2D eigenvalue weighted by molar-refractivity contribution is -0.123. The number of nitriles is 1. The molecule has 1 aromatic rings. The smallest absolute Gasteiger partial charge is 0.237 e. The Morgan fingerprint density at radius 2 is 2.06 bits per heavy atom. The minimum absolute atomic E-state index is 0.00972. The van der Waals surface area contributed by atoms with E-state index in [0.29, 0.717) is 0 Å². The molecule has 1 aromatic carbocycles. The third kappa shape index (κ3) is 3.09. The third-order valence-electron chi connectivity index (χ3n) is 2.51. The van der Waals surface area contributed by atoms with Gasteiger partial charge in [-0.25, -0.2) is 0 Å². The molecular weight excluding hydrogens is 200 g/mol. The Kier molecular flexibility index (Phi) is 4.53. The molecule has 3 nitrogen and oxygen atoms in total. The predicted octanol–water partition coefficient (Wildman–Crippen LogP) is 2.41. The van der Waals surface area contributed by atoms with Crippen LogP contribution in [0.1, 0.15) is 31.9 Å². The van der Waals surface area contributed by atoms with E-state index >= 15 is 0 Å². The molecule has 16 heavy (non-hydrogen) atoms. The number of carbonyl (C=O) groups is 1. The summed E-state index contributed by atoms with van der Waals surface area (Å²) in [5.74, 6) is -0.809. The number of benzene rings is 1. The van der Waals surface area contributed by atoms with Crippen molar-refractivity contribution in [2.24, 2.45) is 5.92 Å². The number of nitrogens with one attached hydrogen (secondary N) is 1. The number of rotatable bonds is 4. The fourth-order valence-electron chi connectivity index (χ4n) is 1.46. The predicted molar refractivity (Wildman–Crippen MR) is 62.4 cm³/mol. The van der Waals surface area contributed by atoms with Gasteiger partial charge in [0.25, 0.3) is 0 Å².